The highest BCUT2D eigenvalue weighted by Gasteiger charge is 2.35. The molecule has 0 saturated heterocycles. The van der Waals surface area contributed by atoms with Crippen LogP contribution < -0.4 is 10.2 Å². The molecule has 1 unspecified atom stereocenters. The third kappa shape index (κ3) is 5.84. The molecule has 1 aliphatic carbocycles. The second-order valence-electron chi connectivity index (χ2n) is 8.85. The van der Waals surface area contributed by atoms with Crippen molar-refractivity contribution < 1.29 is 14.3 Å². The highest BCUT2D eigenvalue weighted by molar-refractivity contribution is 5.98. The van der Waals surface area contributed by atoms with E-state index in [1.165, 1.54) is 11.3 Å². The molecule has 1 aliphatic rings. The summed E-state index contributed by atoms with van der Waals surface area (Å²) in [6.07, 6.45) is 4.81. The van der Waals surface area contributed by atoms with Crippen LogP contribution in [0.25, 0.3) is 0 Å². The quantitative estimate of drug-likeness (QED) is 0.452. The maximum Gasteiger partial charge on any atom is 0.415 e. The standard InChI is InChI=1S/C29H32N2O3/c1-22-13-11-12-20-26(22)27(28(32)30-24-16-7-3-8-17-24)31(25-18-9-4-10-19-25)29(33)34-21-23-14-5-2-6-15-23/h2,4-6,9-15,18-20,24,27H,3,7-8,16-17,21H2,1H3,(H,30,32). The topological polar surface area (TPSA) is 58.6 Å². The zero-order chi connectivity index (χ0) is 23.8. The molecule has 34 heavy (non-hydrogen) atoms. The van der Waals surface area contributed by atoms with Crippen LogP contribution in [-0.2, 0) is 16.1 Å². The molecule has 5 heteroatoms. The fourth-order valence-electron chi connectivity index (χ4n) is 4.56. The number of nitrogens with one attached hydrogen (secondary N) is 1. The largest absolute Gasteiger partial charge is 0.444 e. The molecule has 0 spiro atoms. The second-order valence-corrected chi connectivity index (χ2v) is 8.85. The molecule has 4 rings (SSSR count). The summed E-state index contributed by atoms with van der Waals surface area (Å²) < 4.78 is 5.73. The number of para-hydroxylation sites is 1. The fraction of sp³-hybridized carbons (Fsp3) is 0.310. The predicted molar refractivity (Wildman–Crippen MR) is 134 cm³/mol. The van der Waals surface area contributed by atoms with E-state index in [0.717, 1.165) is 42.4 Å². The highest BCUT2D eigenvalue weighted by atomic mass is 16.6. The summed E-state index contributed by atoms with van der Waals surface area (Å²) in [5, 5.41) is 3.24. The first kappa shape index (κ1) is 23.6. The van der Waals surface area contributed by atoms with E-state index < -0.39 is 12.1 Å². The smallest absolute Gasteiger partial charge is 0.415 e. The van der Waals surface area contributed by atoms with Crippen LogP contribution in [0.15, 0.2) is 84.9 Å². The molecule has 2 amide bonds. The number of rotatable bonds is 7. The molecular weight excluding hydrogens is 424 g/mol. The Bertz CT molecular complexity index is 1080. The van der Waals surface area contributed by atoms with Gasteiger partial charge in [0.1, 0.15) is 12.6 Å². The Morgan fingerprint density at radius 2 is 1.50 bits per heavy atom. The summed E-state index contributed by atoms with van der Waals surface area (Å²) in [4.78, 5) is 28.8. The van der Waals surface area contributed by atoms with Crippen LogP contribution in [0.2, 0.25) is 0 Å². The second kappa shape index (κ2) is 11.5. The van der Waals surface area contributed by atoms with E-state index in [-0.39, 0.29) is 18.6 Å². The minimum atomic E-state index is -0.839. The van der Waals surface area contributed by atoms with Crippen molar-refractivity contribution in [3.05, 3.63) is 102 Å². The average molecular weight is 457 g/mol. The molecule has 1 saturated carbocycles. The van der Waals surface area contributed by atoms with Crippen molar-refractivity contribution in [2.75, 3.05) is 4.90 Å². The molecular formula is C29H32N2O3. The van der Waals surface area contributed by atoms with Gasteiger partial charge in [-0.2, -0.15) is 0 Å². The first-order valence-corrected chi connectivity index (χ1v) is 12.0. The van der Waals surface area contributed by atoms with Crippen LogP contribution in [0.3, 0.4) is 0 Å². The lowest BCUT2D eigenvalue weighted by molar-refractivity contribution is -0.123. The van der Waals surface area contributed by atoms with Crippen molar-refractivity contribution >= 4 is 17.7 Å². The van der Waals surface area contributed by atoms with Crippen molar-refractivity contribution in [3.8, 4) is 0 Å². The predicted octanol–water partition coefficient (Wildman–Crippen LogP) is 6.33. The van der Waals surface area contributed by atoms with Gasteiger partial charge in [-0.15, -0.1) is 0 Å². The molecule has 1 atom stereocenters. The molecule has 0 heterocycles. The van der Waals surface area contributed by atoms with Crippen LogP contribution in [0, 0.1) is 6.92 Å². The van der Waals surface area contributed by atoms with Gasteiger partial charge in [-0.1, -0.05) is 92.1 Å². The third-order valence-electron chi connectivity index (χ3n) is 6.38. The van der Waals surface area contributed by atoms with Gasteiger partial charge in [-0.3, -0.25) is 9.69 Å². The summed E-state index contributed by atoms with van der Waals surface area (Å²) in [5.41, 5.74) is 3.25. The number of amides is 2. The van der Waals surface area contributed by atoms with E-state index >= 15 is 0 Å². The van der Waals surface area contributed by atoms with Gasteiger partial charge in [0.15, 0.2) is 0 Å². The van der Waals surface area contributed by atoms with Crippen molar-refractivity contribution in [2.45, 2.75) is 57.7 Å². The number of hydrogen-bond donors (Lipinski definition) is 1. The number of aryl methyl sites for hydroxylation is 1. The first-order chi connectivity index (χ1) is 16.6. The van der Waals surface area contributed by atoms with Crippen LogP contribution in [0.5, 0.6) is 0 Å². The van der Waals surface area contributed by atoms with Crippen LogP contribution >= 0.6 is 0 Å². The van der Waals surface area contributed by atoms with E-state index in [4.69, 9.17) is 4.74 Å². The Labute approximate surface area is 201 Å². The van der Waals surface area contributed by atoms with Crippen molar-refractivity contribution in [2.24, 2.45) is 0 Å². The number of anilines is 1. The monoisotopic (exact) mass is 456 g/mol. The van der Waals surface area contributed by atoms with Crippen molar-refractivity contribution in [1.82, 2.24) is 5.32 Å². The van der Waals surface area contributed by atoms with Gasteiger partial charge in [-0.05, 0) is 48.6 Å². The summed E-state index contributed by atoms with van der Waals surface area (Å²) in [6.45, 7) is 2.10. The Balaban J connectivity index is 1.68. The van der Waals surface area contributed by atoms with Crippen LogP contribution in [0.1, 0.15) is 54.8 Å². The van der Waals surface area contributed by atoms with Gasteiger partial charge >= 0.3 is 6.09 Å². The molecule has 3 aromatic carbocycles. The Morgan fingerprint density at radius 1 is 0.882 bits per heavy atom. The fourth-order valence-corrected chi connectivity index (χ4v) is 4.56. The van der Waals surface area contributed by atoms with E-state index in [2.05, 4.69) is 5.32 Å². The van der Waals surface area contributed by atoms with Gasteiger partial charge in [0.25, 0.3) is 0 Å². The maximum absolute atomic E-state index is 13.8. The van der Waals surface area contributed by atoms with E-state index in [0.29, 0.717) is 5.69 Å². The average Bonchev–Trinajstić information content (AvgIpc) is 2.88. The van der Waals surface area contributed by atoms with Gasteiger partial charge in [0.05, 0.1) is 0 Å². The Kier molecular flexibility index (Phi) is 7.97. The molecule has 0 aliphatic heterocycles. The number of benzene rings is 3. The number of nitrogens with zero attached hydrogens (tertiary/aromatic N) is 1. The minimum absolute atomic E-state index is 0.130. The number of ether oxygens (including phenoxy) is 1. The van der Waals surface area contributed by atoms with Crippen LogP contribution in [-0.4, -0.2) is 18.0 Å². The Morgan fingerprint density at radius 3 is 2.18 bits per heavy atom. The summed E-state index contributed by atoms with van der Waals surface area (Å²) in [5.74, 6) is -0.179. The highest BCUT2D eigenvalue weighted by Crippen LogP contribution is 2.31. The molecule has 176 valence electrons. The van der Waals surface area contributed by atoms with Gasteiger partial charge in [0, 0.05) is 11.7 Å². The van der Waals surface area contributed by atoms with Gasteiger partial charge in [0.2, 0.25) is 5.91 Å². The molecule has 0 aromatic heterocycles. The van der Waals surface area contributed by atoms with Gasteiger partial charge in [-0.25, -0.2) is 4.79 Å². The molecule has 0 radical (unpaired) electrons. The number of carbonyl (C=O) groups is 2. The lowest BCUT2D eigenvalue weighted by atomic mass is 9.94. The summed E-state index contributed by atoms with van der Waals surface area (Å²) in [7, 11) is 0. The molecule has 1 fully saturated rings. The lowest BCUT2D eigenvalue weighted by Crippen LogP contribution is -2.47. The van der Waals surface area contributed by atoms with E-state index in [1.807, 2.05) is 91.9 Å². The minimum Gasteiger partial charge on any atom is -0.444 e. The lowest BCUT2D eigenvalue weighted by Gasteiger charge is -2.33. The van der Waals surface area contributed by atoms with Crippen LogP contribution in [0.4, 0.5) is 10.5 Å². The molecule has 5 nitrogen and oxygen atoms in total. The third-order valence-corrected chi connectivity index (χ3v) is 6.38. The SMILES string of the molecule is Cc1ccccc1C(C(=O)NC1CCCCC1)N(C(=O)OCc1ccccc1)c1ccccc1. The van der Waals surface area contributed by atoms with Gasteiger partial charge < -0.3 is 10.1 Å². The summed E-state index contributed by atoms with van der Waals surface area (Å²) in [6, 6.07) is 25.9. The molecule has 3 aromatic rings. The normalized spacial score (nSPS) is 14.7. The number of hydrogen-bond acceptors (Lipinski definition) is 3. The zero-order valence-corrected chi connectivity index (χ0v) is 19.7. The molecule has 0 bridgehead atoms. The number of carbonyl (C=O) groups excluding carboxylic acids is 2. The van der Waals surface area contributed by atoms with Crippen molar-refractivity contribution in [1.29, 1.82) is 0 Å². The van der Waals surface area contributed by atoms with E-state index in [1.54, 1.807) is 0 Å². The van der Waals surface area contributed by atoms with E-state index in [9.17, 15) is 9.59 Å². The summed E-state index contributed by atoms with van der Waals surface area (Å²) >= 11 is 0. The molecule has 1 N–H and O–H groups in total. The zero-order valence-electron chi connectivity index (χ0n) is 19.7. The maximum atomic E-state index is 13.8. The first-order valence-electron chi connectivity index (χ1n) is 12.0. The van der Waals surface area contributed by atoms with Crippen molar-refractivity contribution in [3.63, 3.8) is 0 Å². The Hall–Kier alpha value is -3.60.